The van der Waals surface area contributed by atoms with E-state index in [1.54, 1.807) is 30.3 Å². The van der Waals surface area contributed by atoms with Gasteiger partial charge in [0, 0.05) is 11.5 Å². The first-order valence-electron chi connectivity index (χ1n) is 13.7. The van der Waals surface area contributed by atoms with E-state index >= 15 is 0 Å². The van der Waals surface area contributed by atoms with E-state index in [0.29, 0.717) is 29.6 Å². The summed E-state index contributed by atoms with van der Waals surface area (Å²) in [6, 6.07) is 8.30. The molecule has 236 valence electrons. The van der Waals surface area contributed by atoms with Crippen molar-refractivity contribution < 1.29 is 73.8 Å². The minimum absolute atomic E-state index is 0.0376. The molecule has 3 aliphatic heterocycles. The van der Waals surface area contributed by atoms with Crippen molar-refractivity contribution in [2.24, 2.45) is 5.92 Å². The molecule has 0 radical (unpaired) electrons. The van der Waals surface area contributed by atoms with Crippen molar-refractivity contribution in [3.05, 3.63) is 58.9 Å². The normalized spacial score (nSPS) is 37.7. The Morgan fingerprint density at radius 2 is 1.63 bits per heavy atom. The summed E-state index contributed by atoms with van der Waals surface area (Å²) < 4.78 is 33.2. The van der Waals surface area contributed by atoms with Crippen molar-refractivity contribution in [2.45, 2.75) is 74.4 Å². The molecule has 43 heavy (non-hydrogen) atoms. The number of carboxylic acid groups (broad SMARTS) is 1. The van der Waals surface area contributed by atoms with Crippen LogP contribution >= 0.6 is 0 Å². The third-order valence-electron chi connectivity index (χ3n) is 7.91. The number of fused-ring (bicyclic) bond motifs is 1. The Labute approximate surface area is 245 Å². The van der Waals surface area contributed by atoms with Crippen LogP contribution in [0.3, 0.4) is 0 Å². The lowest BCUT2D eigenvalue weighted by Crippen LogP contribution is -2.61. The second-order valence-corrected chi connectivity index (χ2v) is 10.7. The molecule has 0 unspecified atom stereocenters. The van der Waals surface area contributed by atoms with Gasteiger partial charge in [-0.05, 0) is 30.5 Å². The minimum Gasteiger partial charge on any atom is -0.478 e. The summed E-state index contributed by atoms with van der Waals surface area (Å²) in [5.41, 5.74) is 1.22. The monoisotopic (exact) mass is 610 g/mol. The Balaban J connectivity index is 1.30. The number of carbonyl (C=O) groups excluding carboxylic acids is 1. The van der Waals surface area contributed by atoms with Crippen LogP contribution in [0.5, 0.6) is 0 Å². The summed E-state index contributed by atoms with van der Waals surface area (Å²) in [5, 5.41) is 71.0. The van der Waals surface area contributed by atoms with Crippen molar-refractivity contribution in [2.75, 3.05) is 19.8 Å². The number of carbonyl (C=O) groups is 2. The predicted molar refractivity (Wildman–Crippen MR) is 139 cm³/mol. The van der Waals surface area contributed by atoms with Crippen molar-refractivity contribution in [3.8, 4) is 0 Å². The number of ether oxygens (including phenoxy) is 6. The van der Waals surface area contributed by atoms with E-state index in [1.807, 2.05) is 0 Å². The molecule has 1 aliphatic carbocycles. The van der Waals surface area contributed by atoms with Crippen LogP contribution in [0.4, 0.5) is 0 Å². The molecule has 0 aromatic heterocycles. The number of hydrogen-bond acceptors (Lipinski definition) is 14. The Bertz CT molecular complexity index is 1220. The second kappa shape index (κ2) is 13.4. The maximum atomic E-state index is 12.5. The van der Waals surface area contributed by atoms with Crippen molar-refractivity contribution in [1.29, 1.82) is 0 Å². The summed E-state index contributed by atoms with van der Waals surface area (Å²) in [6.45, 7) is -0.990. The molecule has 15 heteroatoms. The van der Waals surface area contributed by atoms with Crippen molar-refractivity contribution in [1.82, 2.24) is 0 Å². The molecule has 1 aromatic rings. The number of carboxylic acids is 1. The van der Waals surface area contributed by atoms with Gasteiger partial charge in [-0.25, -0.2) is 9.59 Å². The molecule has 5 rings (SSSR count). The zero-order chi connectivity index (χ0) is 30.8. The highest BCUT2D eigenvalue weighted by Crippen LogP contribution is 2.44. The summed E-state index contributed by atoms with van der Waals surface area (Å²) in [5.74, 6) is -2.44. The van der Waals surface area contributed by atoms with Gasteiger partial charge in [-0.2, -0.15) is 0 Å². The van der Waals surface area contributed by atoms with Crippen LogP contribution in [0.25, 0.3) is 0 Å². The molecule has 0 amide bonds. The van der Waals surface area contributed by atoms with E-state index in [-0.39, 0.29) is 18.8 Å². The molecule has 4 aliphatic rings. The van der Waals surface area contributed by atoms with Gasteiger partial charge in [0.2, 0.25) is 6.29 Å². The second-order valence-electron chi connectivity index (χ2n) is 10.7. The van der Waals surface area contributed by atoms with Crippen LogP contribution in [0.15, 0.2) is 53.3 Å². The van der Waals surface area contributed by atoms with Gasteiger partial charge in [0.15, 0.2) is 12.6 Å². The first-order valence-corrected chi connectivity index (χ1v) is 13.7. The molecule has 0 spiro atoms. The number of aliphatic hydroxyl groups is 6. The zero-order valence-corrected chi connectivity index (χ0v) is 22.7. The number of esters is 1. The highest BCUT2D eigenvalue weighted by molar-refractivity contribution is 5.89. The fraction of sp³-hybridized carbons (Fsp3) is 0.571. The molecule has 3 heterocycles. The highest BCUT2D eigenvalue weighted by Gasteiger charge is 2.49. The van der Waals surface area contributed by atoms with E-state index in [0.717, 1.165) is 6.26 Å². The number of hydrogen-bond donors (Lipinski definition) is 7. The molecule has 2 fully saturated rings. The van der Waals surface area contributed by atoms with Gasteiger partial charge in [0.1, 0.15) is 49.3 Å². The largest absolute Gasteiger partial charge is 0.478 e. The van der Waals surface area contributed by atoms with Crippen LogP contribution < -0.4 is 0 Å². The molecule has 0 bridgehead atoms. The lowest BCUT2D eigenvalue weighted by Gasteiger charge is -2.42. The first-order chi connectivity index (χ1) is 20.6. The SMILES string of the molecule is O=C(O)C1=CO[C@@H](O[C@H]2O[C@@H](CO[C@H]3OC[C@@H](O)[C@@H](O)[C@@H]3O)[C@H](O)[C@@H](O)[C@@H]2O)C2=C(COC(=O)c3ccccc3)CC[C@@H]12. The van der Waals surface area contributed by atoms with Crippen LogP contribution in [-0.2, 0) is 33.2 Å². The average Bonchev–Trinajstić information content (AvgIpc) is 3.44. The molecule has 1 aromatic carbocycles. The maximum absolute atomic E-state index is 12.5. The van der Waals surface area contributed by atoms with Crippen LogP contribution in [0, 0.1) is 5.92 Å². The Morgan fingerprint density at radius 1 is 0.907 bits per heavy atom. The molecule has 15 nitrogen and oxygen atoms in total. The van der Waals surface area contributed by atoms with Crippen LogP contribution in [0.1, 0.15) is 23.2 Å². The van der Waals surface area contributed by atoms with Crippen molar-refractivity contribution >= 4 is 11.9 Å². The van der Waals surface area contributed by atoms with Crippen LogP contribution in [0.2, 0.25) is 0 Å². The summed E-state index contributed by atoms with van der Waals surface area (Å²) in [4.78, 5) is 24.4. The van der Waals surface area contributed by atoms with Gasteiger partial charge < -0.3 is 64.2 Å². The minimum atomic E-state index is -1.77. The smallest absolute Gasteiger partial charge is 0.338 e. The number of rotatable bonds is 9. The topological polar surface area (TPSA) is 231 Å². The maximum Gasteiger partial charge on any atom is 0.338 e. The molecule has 2 saturated heterocycles. The molecule has 7 N–H and O–H groups in total. The number of aliphatic carboxylic acids is 1. The quantitative estimate of drug-likeness (QED) is 0.120. The predicted octanol–water partition coefficient (Wildman–Crippen LogP) is -1.85. The number of aliphatic hydroxyl groups excluding tert-OH is 6. The molecular formula is C28H34O15. The van der Waals surface area contributed by atoms with E-state index in [4.69, 9.17) is 28.4 Å². The van der Waals surface area contributed by atoms with Crippen LogP contribution in [-0.4, -0.2) is 129 Å². The van der Waals surface area contributed by atoms with Gasteiger partial charge in [-0.15, -0.1) is 0 Å². The lowest BCUT2D eigenvalue weighted by atomic mass is 9.90. The standard InChI is InChI=1S/C28H34O15/c29-16-10-40-27(22(33)19(16)30)41-11-17-20(31)21(32)23(34)28(42-17)43-26-18-13(6-7-14(18)15(9-39-26)24(35)36)8-38-25(37)12-4-2-1-3-5-12/h1-5,9,14,16-17,19-23,26-34H,6-8,10-11H2,(H,35,36)/t14-,16+,17-,19+,20-,21+,22-,23-,26-,27+,28+/m0/s1. The molecule has 0 saturated carbocycles. The summed E-state index contributed by atoms with van der Waals surface area (Å²) in [6.07, 6.45) is -13.5. The summed E-state index contributed by atoms with van der Waals surface area (Å²) in [7, 11) is 0. The van der Waals surface area contributed by atoms with Gasteiger partial charge >= 0.3 is 11.9 Å². The lowest BCUT2D eigenvalue weighted by molar-refractivity contribution is -0.339. The fourth-order valence-corrected chi connectivity index (χ4v) is 5.48. The van der Waals surface area contributed by atoms with Gasteiger partial charge in [0.05, 0.1) is 30.6 Å². The van der Waals surface area contributed by atoms with Gasteiger partial charge in [0.25, 0.3) is 0 Å². The first kappa shape index (κ1) is 31.5. The number of benzene rings is 1. The van der Waals surface area contributed by atoms with Crippen molar-refractivity contribution in [3.63, 3.8) is 0 Å². The third kappa shape index (κ3) is 6.61. The van der Waals surface area contributed by atoms with E-state index in [1.165, 1.54) is 0 Å². The van der Waals surface area contributed by atoms with Gasteiger partial charge in [-0.3, -0.25) is 0 Å². The molecular weight excluding hydrogens is 576 g/mol. The zero-order valence-electron chi connectivity index (χ0n) is 22.7. The fourth-order valence-electron chi connectivity index (χ4n) is 5.48. The Hall–Kier alpha value is -2.96. The Kier molecular flexibility index (Phi) is 9.77. The van der Waals surface area contributed by atoms with Gasteiger partial charge in [-0.1, -0.05) is 18.2 Å². The highest BCUT2D eigenvalue weighted by atomic mass is 16.8. The third-order valence-corrected chi connectivity index (χ3v) is 7.91. The average molecular weight is 611 g/mol. The molecule has 11 atom stereocenters. The van der Waals surface area contributed by atoms with E-state index < -0.39 is 86.1 Å². The van der Waals surface area contributed by atoms with E-state index in [2.05, 4.69) is 0 Å². The summed E-state index contributed by atoms with van der Waals surface area (Å²) >= 11 is 0. The Morgan fingerprint density at radius 3 is 2.35 bits per heavy atom. The van der Waals surface area contributed by atoms with E-state index in [9.17, 15) is 45.3 Å².